The molecule has 4 N–H and O–H groups in total. The Labute approximate surface area is 182 Å². The Hall–Kier alpha value is -2.84. The Balaban J connectivity index is 1.31. The molecule has 0 atom stereocenters. The highest BCUT2D eigenvalue weighted by Crippen LogP contribution is 2.29. The molecule has 2 aliphatic rings. The van der Waals surface area contributed by atoms with Crippen LogP contribution in [0.4, 0.5) is 23.1 Å². The van der Waals surface area contributed by atoms with Crippen molar-refractivity contribution in [1.29, 1.82) is 0 Å². The van der Waals surface area contributed by atoms with Gasteiger partial charge in [-0.05, 0) is 61.9 Å². The molecule has 3 aromatic rings. The van der Waals surface area contributed by atoms with Gasteiger partial charge in [-0.15, -0.1) is 0 Å². The third kappa shape index (κ3) is 4.60. The van der Waals surface area contributed by atoms with E-state index < -0.39 is 0 Å². The number of nitrogens with zero attached hydrogens (tertiary/aromatic N) is 3. The van der Waals surface area contributed by atoms with Crippen LogP contribution in [-0.4, -0.2) is 59.0 Å². The summed E-state index contributed by atoms with van der Waals surface area (Å²) in [7, 11) is 0. The highest BCUT2D eigenvalue weighted by molar-refractivity contribution is 5.88. The SMILES string of the molecule is OCC1CCC(Nc2nc(Nc3ccc(N4CCOCC4)cc3)nc3[nH]ccc23)CC1. The normalized spacial score (nSPS) is 21.9. The number of hydrogen-bond donors (Lipinski definition) is 4. The molecule has 0 amide bonds. The first-order valence-electron chi connectivity index (χ1n) is 11.2. The molecular weight excluding hydrogens is 392 g/mol. The minimum atomic E-state index is 0.292. The van der Waals surface area contributed by atoms with Crippen LogP contribution in [0.3, 0.4) is 0 Å². The van der Waals surface area contributed by atoms with Gasteiger partial charge in [0.15, 0.2) is 0 Å². The Bertz CT molecular complexity index is 991. The number of H-pyrrole nitrogens is 1. The zero-order chi connectivity index (χ0) is 21.0. The van der Waals surface area contributed by atoms with Gasteiger partial charge in [-0.3, -0.25) is 0 Å². The quantitative estimate of drug-likeness (QED) is 0.483. The monoisotopic (exact) mass is 422 g/mol. The fourth-order valence-electron chi connectivity index (χ4n) is 4.50. The molecule has 8 heteroatoms. The first-order chi connectivity index (χ1) is 15.3. The maximum atomic E-state index is 9.39. The molecule has 31 heavy (non-hydrogen) atoms. The summed E-state index contributed by atoms with van der Waals surface area (Å²) in [6.07, 6.45) is 6.10. The number of nitrogens with one attached hydrogen (secondary N) is 3. The molecule has 0 radical (unpaired) electrons. The number of benzene rings is 1. The van der Waals surface area contributed by atoms with Crippen molar-refractivity contribution < 1.29 is 9.84 Å². The number of aromatic amines is 1. The van der Waals surface area contributed by atoms with Gasteiger partial charge in [-0.25, -0.2) is 0 Å². The summed E-state index contributed by atoms with van der Waals surface area (Å²) in [4.78, 5) is 15.0. The van der Waals surface area contributed by atoms with Gasteiger partial charge in [-0.2, -0.15) is 9.97 Å². The molecule has 1 saturated carbocycles. The predicted molar refractivity (Wildman–Crippen MR) is 123 cm³/mol. The van der Waals surface area contributed by atoms with E-state index in [0.29, 0.717) is 24.5 Å². The fraction of sp³-hybridized carbons (Fsp3) is 0.478. The van der Waals surface area contributed by atoms with Crippen LogP contribution in [0.15, 0.2) is 36.5 Å². The minimum absolute atomic E-state index is 0.292. The standard InChI is InChI=1S/C23H30N6O2/c30-15-16-1-3-17(4-2-16)25-22-20-9-10-24-21(20)27-23(28-22)26-18-5-7-19(8-6-18)29-11-13-31-14-12-29/h5-10,16-17,30H,1-4,11-15H2,(H3,24,25,26,27,28). The van der Waals surface area contributed by atoms with Crippen LogP contribution in [0.1, 0.15) is 25.7 Å². The number of hydrogen-bond acceptors (Lipinski definition) is 7. The predicted octanol–water partition coefficient (Wildman–Crippen LogP) is 3.50. The largest absolute Gasteiger partial charge is 0.396 e. The lowest BCUT2D eigenvalue weighted by Crippen LogP contribution is -2.36. The van der Waals surface area contributed by atoms with Gasteiger partial charge >= 0.3 is 0 Å². The maximum absolute atomic E-state index is 9.39. The van der Waals surface area contributed by atoms with E-state index in [9.17, 15) is 5.11 Å². The zero-order valence-corrected chi connectivity index (χ0v) is 17.7. The van der Waals surface area contributed by atoms with Gasteiger partial charge in [0.05, 0.1) is 18.6 Å². The van der Waals surface area contributed by atoms with Crippen molar-refractivity contribution in [2.75, 3.05) is 48.4 Å². The number of anilines is 4. The van der Waals surface area contributed by atoms with E-state index in [1.807, 2.05) is 12.3 Å². The van der Waals surface area contributed by atoms with E-state index in [1.165, 1.54) is 5.69 Å². The van der Waals surface area contributed by atoms with Crippen LogP contribution in [0.25, 0.3) is 11.0 Å². The first kappa shape index (κ1) is 20.1. The van der Waals surface area contributed by atoms with Crippen molar-refractivity contribution >= 4 is 34.2 Å². The minimum Gasteiger partial charge on any atom is -0.396 e. The molecule has 0 unspecified atom stereocenters. The summed E-state index contributed by atoms with van der Waals surface area (Å²) in [5.74, 6) is 1.86. The maximum Gasteiger partial charge on any atom is 0.231 e. The molecule has 2 aromatic heterocycles. The third-order valence-electron chi connectivity index (χ3n) is 6.36. The fourth-order valence-corrected chi connectivity index (χ4v) is 4.50. The van der Waals surface area contributed by atoms with Gasteiger partial charge in [0, 0.05) is 43.3 Å². The molecule has 3 heterocycles. The highest BCUT2D eigenvalue weighted by Gasteiger charge is 2.22. The van der Waals surface area contributed by atoms with E-state index in [4.69, 9.17) is 9.72 Å². The molecule has 1 aliphatic carbocycles. The molecule has 0 bridgehead atoms. The summed E-state index contributed by atoms with van der Waals surface area (Å²) in [6.45, 7) is 3.70. The van der Waals surface area contributed by atoms with Crippen molar-refractivity contribution in [2.45, 2.75) is 31.7 Å². The second-order valence-corrected chi connectivity index (χ2v) is 8.45. The molecule has 1 saturated heterocycles. The number of aromatic nitrogens is 3. The average Bonchev–Trinajstić information content (AvgIpc) is 3.30. The molecule has 8 nitrogen and oxygen atoms in total. The van der Waals surface area contributed by atoms with Crippen LogP contribution >= 0.6 is 0 Å². The van der Waals surface area contributed by atoms with Gasteiger partial charge in [0.2, 0.25) is 5.95 Å². The molecular formula is C23H30N6O2. The van der Waals surface area contributed by atoms with E-state index in [1.54, 1.807) is 0 Å². The lowest BCUT2D eigenvalue weighted by atomic mass is 9.86. The summed E-state index contributed by atoms with van der Waals surface area (Å²) in [5.41, 5.74) is 2.97. The van der Waals surface area contributed by atoms with Crippen LogP contribution < -0.4 is 15.5 Å². The molecule has 1 aliphatic heterocycles. The number of ether oxygens (including phenoxy) is 1. The Morgan fingerprint density at radius 3 is 2.55 bits per heavy atom. The number of aliphatic hydroxyl groups is 1. The highest BCUT2D eigenvalue weighted by atomic mass is 16.5. The van der Waals surface area contributed by atoms with Crippen LogP contribution in [0.5, 0.6) is 0 Å². The second-order valence-electron chi connectivity index (χ2n) is 8.45. The average molecular weight is 423 g/mol. The molecule has 1 aromatic carbocycles. The summed E-state index contributed by atoms with van der Waals surface area (Å²) in [6, 6.07) is 10.8. The number of fused-ring (bicyclic) bond motifs is 1. The van der Waals surface area contributed by atoms with E-state index >= 15 is 0 Å². The van der Waals surface area contributed by atoms with Crippen molar-refractivity contribution in [1.82, 2.24) is 15.0 Å². The van der Waals surface area contributed by atoms with Crippen molar-refractivity contribution in [3.63, 3.8) is 0 Å². The van der Waals surface area contributed by atoms with E-state index in [2.05, 4.69) is 49.8 Å². The Morgan fingerprint density at radius 1 is 1.03 bits per heavy atom. The first-order valence-corrected chi connectivity index (χ1v) is 11.2. The lowest BCUT2D eigenvalue weighted by molar-refractivity contribution is 0.122. The molecule has 2 fully saturated rings. The summed E-state index contributed by atoms with van der Waals surface area (Å²) >= 11 is 0. The van der Waals surface area contributed by atoms with Crippen LogP contribution in [-0.2, 0) is 4.74 Å². The number of morpholine rings is 1. The van der Waals surface area contributed by atoms with Gasteiger partial charge in [-0.1, -0.05) is 0 Å². The smallest absolute Gasteiger partial charge is 0.231 e. The van der Waals surface area contributed by atoms with E-state index in [0.717, 1.165) is 74.5 Å². The van der Waals surface area contributed by atoms with Crippen LogP contribution in [0.2, 0.25) is 0 Å². The second kappa shape index (κ2) is 9.11. The molecule has 0 spiro atoms. The lowest BCUT2D eigenvalue weighted by Gasteiger charge is -2.29. The van der Waals surface area contributed by atoms with Crippen molar-refractivity contribution in [3.8, 4) is 0 Å². The number of aliphatic hydroxyl groups excluding tert-OH is 1. The number of rotatable bonds is 6. The van der Waals surface area contributed by atoms with Gasteiger partial charge < -0.3 is 30.4 Å². The summed E-state index contributed by atoms with van der Waals surface area (Å²) < 4.78 is 5.44. The van der Waals surface area contributed by atoms with Gasteiger partial charge in [0.25, 0.3) is 0 Å². The Morgan fingerprint density at radius 2 is 1.81 bits per heavy atom. The third-order valence-corrected chi connectivity index (χ3v) is 6.36. The zero-order valence-electron chi connectivity index (χ0n) is 17.7. The summed E-state index contributed by atoms with van der Waals surface area (Å²) in [5, 5.41) is 17.4. The Kier molecular flexibility index (Phi) is 5.90. The van der Waals surface area contributed by atoms with Crippen molar-refractivity contribution in [3.05, 3.63) is 36.5 Å². The molecule has 164 valence electrons. The van der Waals surface area contributed by atoms with E-state index in [-0.39, 0.29) is 0 Å². The van der Waals surface area contributed by atoms with Gasteiger partial charge in [0.1, 0.15) is 11.5 Å². The molecule has 5 rings (SSSR count). The van der Waals surface area contributed by atoms with Crippen LogP contribution in [0, 0.1) is 5.92 Å². The topological polar surface area (TPSA) is 98.3 Å². The van der Waals surface area contributed by atoms with Crippen molar-refractivity contribution in [2.24, 2.45) is 5.92 Å².